The van der Waals surface area contributed by atoms with Crippen molar-refractivity contribution in [2.24, 2.45) is 0 Å². The molecule has 0 aliphatic carbocycles. The topological polar surface area (TPSA) is 36.9 Å². The Labute approximate surface area is 70.8 Å². The first kappa shape index (κ1) is 8.42. The van der Waals surface area contributed by atoms with E-state index in [1.807, 2.05) is 18.7 Å². The second-order valence-electron chi connectivity index (χ2n) is 2.66. The molecule has 0 aliphatic rings. The van der Waals surface area contributed by atoms with Crippen LogP contribution in [0.1, 0.15) is 0 Å². The Morgan fingerprint density at radius 2 is 2.45 bits per heavy atom. The van der Waals surface area contributed by atoms with Crippen LogP contribution in [0.2, 0.25) is 0 Å². The summed E-state index contributed by atoms with van der Waals surface area (Å²) in [4.78, 5) is 2.11. The zero-order valence-corrected chi connectivity index (χ0v) is 7.56. The van der Waals surface area contributed by atoms with Crippen LogP contribution < -0.4 is 0 Å². The average Bonchev–Trinajstić information content (AvgIpc) is 2.31. The third-order valence-corrected chi connectivity index (χ3v) is 1.73. The molecular formula is C6H12N4S. The van der Waals surface area contributed by atoms with Crippen molar-refractivity contribution in [1.82, 2.24) is 19.7 Å². The number of hydrogen-bond donors (Lipinski definition) is 1. The van der Waals surface area contributed by atoms with E-state index in [0.29, 0.717) is 4.77 Å². The van der Waals surface area contributed by atoms with E-state index < -0.39 is 0 Å². The van der Waals surface area contributed by atoms with Gasteiger partial charge < -0.3 is 9.47 Å². The molecule has 0 radical (unpaired) electrons. The van der Waals surface area contributed by atoms with Gasteiger partial charge in [-0.15, -0.1) is 0 Å². The molecule has 0 saturated carbocycles. The maximum absolute atomic E-state index is 4.96. The second kappa shape index (κ2) is 3.64. The molecule has 0 amide bonds. The molecule has 0 atom stereocenters. The van der Waals surface area contributed by atoms with Crippen LogP contribution in [0.25, 0.3) is 0 Å². The standard InChI is InChI=1S/C6H12N4S/c1-9(2)3-4-10-5-7-8-6(10)11/h5H,3-4H2,1-2H3,(H,8,11). The van der Waals surface area contributed by atoms with Gasteiger partial charge in [0.15, 0.2) is 4.77 Å². The smallest absolute Gasteiger partial charge is 0.194 e. The Morgan fingerprint density at radius 3 is 2.91 bits per heavy atom. The first-order valence-electron chi connectivity index (χ1n) is 3.44. The molecule has 0 fully saturated rings. The van der Waals surface area contributed by atoms with E-state index >= 15 is 0 Å². The maximum Gasteiger partial charge on any atom is 0.194 e. The zero-order valence-electron chi connectivity index (χ0n) is 6.74. The van der Waals surface area contributed by atoms with E-state index in [4.69, 9.17) is 12.2 Å². The van der Waals surface area contributed by atoms with Crippen LogP contribution in [0.3, 0.4) is 0 Å². The number of likely N-dealkylation sites (N-methyl/N-ethyl adjacent to an activating group) is 1. The summed E-state index contributed by atoms with van der Waals surface area (Å²) in [5.74, 6) is 0. The second-order valence-corrected chi connectivity index (χ2v) is 3.04. The Hall–Kier alpha value is -0.680. The average molecular weight is 172 g/mol. The molecule has 0 saturated heterocycles. The fourth-order valence-corrected chi connectivity index (χ4v) is 0.929. The predicted molar refractivity (Wildman–Crippen MR) is 46.0 cm³/mol. The molecule has 5 heteroatoms. The summed E-state index contributed by atoms with van der Waals surface area (Å²) in [6.45, 7) is 1.87. The molecule has 4 nitrogen and oxygen atoms in total. The zero-order chi connectivity index (χ0) is 8.27. The van der Waals surface area contributed by atoms with E-state index in [9.17, 15) is 0 Å². The molecule has 0 aromatic carbocycles. The molecular weight excluding hydrogens is 160 g/mol. The SMILES string of the molecule is CN(C)CCn1cn[nH]c1=S. The van der Waals surface area contributed by atoms with Crippen molar-refractivity contribution < 1.29 is 0 Å². The van der Waals surface area contributed by atoms with E-state index in [0.717, 1.165) is 13.1 Å². The van der Waals surface area contributed by atoms with Crippen molar-refractivity contribution >= 4 is 12.2 Å². The third-order valence-electron chi connectivity index (χ3n) is 1.41. The Kier molecular flexibility index (Phi) is 2.78. The lowest BCUT2D eigenvalue weighted by Gasteiger charge is -2.08. The summed E-state index contributed by atoms with van der Waals surface area (Å²) in [7, 11) is 4.06. The third kappa shape index (κ3) is 2.44. The number of aromatic nitrogens is 3. The van der Waals surface area contributed by atoms with Gasteiger partial charge in [-0.3, -0.25) is 5.10 Å². The molecule has 62 valence electrons. The number of rotatable bonds is 3. The Balaban J connectivity index is 2.51. The molecule has 1 rings (SSSR count). The molecule has 11 heavy (non-hydrogen) atoms. The van der Waals surface area contributed by atoms with Gasteiger partial charge in [0.05, 0.1) is 0 Å². The van der Waals surface area contributed by atoms with Crippen molar-refractivity contribution in [2.45, 2.75) is 6.54 Å². The summed E-state index contributed by atoms with van der Waals surface area (Å²) in [6.07, 6.45) is 1.71. The quantitative estimate of drug-likeness (QED) is 0.675. The van der Waals surface area contributed by atoms with Gasteiger partial charge in [-0.25, -0.2) is 0 Å². The highest BCUT2D eigenvalue weighted by Gasteiger charge is 1.93. The summed E-state index contributed by atoms with van der Waals surface area (Å²) >= 11 is 4.96. The highest BCUT2D eigenvalue weighted by Crippen LogP contribution is 1.87. The molecule has 1 heterocycles. The van der Waals surface area contributed by atoms with Crippen LogP contribution in [0.15, 0.2) is 6.33 Å². The first-order chi connectivity index (χ1) is 5.20. The molecule has 1 N–H and O–H groups in total. The van der Waals surface area contributed by atoms with Gasteiger partial charge in [-0.05, 0) is 26.3 Å². The maximum atomic E-state index is 4.96. The van der Waals surface area contributed by atoms with Crippen LogP contribution in [0, 0.1) is 4.77 Å². The minimum Gasteiger partial charge on any atom is -0.308 e. The lowest BCUT2D eigenvalue weighted by molar-refractivity contribution is 0.382. The van der Waals surface area contributed by atoms with E-state index in [2.05, 4.69) is 15.1 Å². The minimum atomic E-state index is 0.687. The minimum absolute atomic E-state index is 0.687. The van der Waals surface area contributed by atoms with Gasteiger partial charge in [0.25, 0.3) is 0 Å². The van der Waals surface area contributed by atoms with Crippen molar-refractivity contribution in [2.75, 3.05) is 20.6 Å². The number of aromatic amines is 1. The molecule has 0 aliphatic heterocycles. The van der Waals surface area contributed by atoms with E-state index in [1.54, 1.807) is 6.33 Å². The van der Waals surface area contributed by atoms with E-state index in [1.165, 1.54) is 0 Å². The molecule has 0 unspecified atom stereocenters. The summed E-state index contributed by atoms with van der Waals surface area (Å²) in [5.41, 5.74) is 0. The van der Waals surface area contributed by atoms with Crippen molar-refractivity contribution in [3.8, 4) is 0 Å². The fraction of sp³-hybridized carbons (Fsp3) is 0.667. The highest BCUT2D eigenvalue weighted by molar-refractivity contribution is 7.71. The van der Waals surface area contributed by atoms with Gasteiger partial charge in [0.1, 0.15) is 6.33 Å². The number of nitrogens with zero attached hydrogens (tertiary/aromatic N) is 3. The monoisotopic (exact) mass is 172 g/mol. The van der Waals surface area contributed by atoms with Crippen LogP contribution in [-0.2, 0) is 6.54 Å². The Morgan fingerprint density at radius 1 is 1.73 bits per heavy atom. The molecule has 1 aromatic heterocycles. The van der Waals surface area contributed by atoms with Gasteiger partial charge >= 0.3 is 0 Å². The van der Waals surface area contributed by atoms with Gasteiger partial charge in [-0.2, -0.15) is 5.10 Å². The lowest BCUT2D eigenvalue weighted by Crippen LogP contribution is -2.18. The fourth-order valence-electron chi connectivity index (χ4n) is 0.737. The Bertz CT molecular complexity index is 262. The number of nitrogens with one attached hydrogen (secondary N) is 1. The van der Waals surface area contributed by atoms with Gasteiger partial charge in [0.2, 0.25) is 0 Å². The molecule has 0 bridgehead atoms. The van der Waals surface area contributed by atoms with Crippen molar-refractivity contribution in [3.05, 3.63) is 11.1 Å². The number of hydrogen-bond acceptors (Lipinski definition) is 3. The van der Waals surface area contributed by atoms with Crippen LogP contribution >= 0.6 is 12.2 Å². The first-order valence-corrected chi connectivity index (χ1v) is 3.85. The highest BCUT2D eigenvalue weighted by atomic mass is 32.1. The molecule has 0 spiro atoms. The lowest BCUT2D eigenvalue weighted by atomic mass is 10.6. The van der Waals surface area contributed by atoms with Gasteiger partial charge in [-0.1, -0.05) is 0 Å². The summed E-state index contributed by atoms with van der Waals surface area (Å²) < 4.78 is 2.60. The van der Waals surface area contributed by atoms with Crippen LogP contribution in [0.5, 0.6) is 0 Å². The van der Waals surface area contributed by atoms with Crippen molar-refractivity contribution in [3.63, 3.8) is 0 Å². The van der Waals surface area contributed by atoms with Crippen molar-refractivity contribution in [1.29, 1.82) is 0 Å². The molecule has 1 aromatic rings. The van der Waals surface area contributed by atoms with Crippen LogP contribution in [0.4, 0.5) is 0 Å². The predicted octanol–water partition coefficient (Wildman–Crippen LogP) is 0.502. The summed E-state index contributed by atoms with van der Waals surface area (Å²) in [6, 6.07) is 0. The summed E-state index contributed by atoms with van der Waals surface area (Å²) in [5, 5.41) is 6.52. The van der Waals surface area contributed by atoms with Gasteiger partial charge in [0, 0.05) is 13.1 Å². The van der Waals surface area contributed by atoms with E-state index in [-0.39, 0.29) is 0 Å². The number of H-pyrrole nitrogens is 1. The largest absolute Gasteiger partial charge is 0.308 e. The van der Waals surface area contributed by atoms with Crippen LogP contribution in [-0.4, -0.2) is 40.3 Å². The normalized spacial score (nSPS) is 10.8.